The summed E-state index contributed by atoms with van der Waals surface area (Å²) in [5, 5.41) is 5.40. The number of amides is 4. The van der Waals surface area contributed by atoms with Gasteiger partial charge in [0, 0.05) is 49.6 Å². The van der Waals surface area contributed by atoms with Crippen molar-refractivity contribution in [3.63, 3.8) is 0 Å². The molecule has 3 heterocycles. The average Bonchev–Trinajstić information content (AvgIpc) is 3.64. The predicted molar refractivity (Wildman–Crippen MR) is 169 cm³/mol. The summed E-state index contributed by atoms with van der Waals surface area (Å²) in [5.41, 5.74) is -0.925. The largest absolute Gasteiger partial charge is 0.497 e. The van der Waals surface area contributed by atoms with E-state index in [0.717, 1.165) is 11.6 Å². The molecule has 2 aliphatic heterocycles. The number of rotatable bonds is 12. The standard InChI is InChI=1S/C34H39FN4O8/c1-33(2,3)47-32(44)36-10-12-38(4)11-6-7-26(40)24-13-21-14-28(46-27(21)16-25(24)35)34(17-29(41)37-31(34)43)19-39-18-20-8-9-22(45-5)15-23(20)30(39)42/h8-9,13-16H,6-7,10-12,17-19H2,1-5H3,(H,36,44)(H,37,41,43)/t34-/m1/s1. The first kappa shape index (κ1) is 33.6. The third kappa shape index (κ3) is 7.30. The van der Waals surface area contributed by atoms with Crippen molar-refractivity contribution in [2.75, 3.05) is 40.3 Å². The third-order valence-corrected chi connectivity index (χ3v) is 8.29. The molecule has 12 nitrogen and oxygen atoms in total. The van der Waals surface area contributed by atoms with Crippen LogP contribution >= 0.6 is 0 Å². The Kier molecular flexibility index (Phi) is 9.39. The summed E-state index contributed by atoms with van der Waals surface area (Å²) in [6.45, 7) is 6.87. The number of halogens is 1. The maximum Gasteiger partial charge on any atom is 0.407 e. The second-order valence-electron chi connectivity index (χ2n) is 13.1. The van der Waals surface area contributed by atoms with Crippen molar-refractivity contribution in [3.05, 3.63) is 64.7 Å². The van der Waals surface area contributed by atoms with E-state index in [9.17, 15) is 24.0 Å². The first-order valence-corrected chi connectivity index (χ1v) is 15.4. The number of benzene rings is 2. The van der Waals surface area contributed by atoms with E-state index in [1.807, 2.05) is 11.9 Å². The normalized spacial score (nSPS) is 17.8. The number of carbonyl (C=O) groups is 5. The number of fused-ring (bicyclic) bond motifs is 2. The number of nitrogens with zero attached hydrogens (tertiary/aromatic N) is 2. The molecule has 1 aromatic heterocycles. The Morgan fingerprint density at radius 2 is 1.89 bits per heavy atom. The second kappa shape index (κ2) is 13.1. The molecule has 0 aliphatic carbocycles. The topological polar surface area (TPSA) is 147 Å². The average molecular weight is 651 g/mol. The van der Waals surface area contributed by atoms with Crippen LogP contribution in [0.2, 0.25) is 0 Å². The third-order valence-electron chi connectivity index (χ3n) is 8.29. The van der Waals surface area contributed by atoms with Crippen LogP contribution in [0.3, 0.4) is 0 Å². The number of likely N-dealkylation sites (N-methyl/N-ethyl adjacent to an activating group) is 1. The number of hydrogen-bond acceptors (Lipinski definition) is 9. The summed E-state index contributed by atoms with van der Waals surface area (Å²) in [6, 6.07) is 9.18. The van der Waals surface area contributed by atoms with Gasteiger partial charge in [0.1, 0.15) is 33.9 Å². The van der Waals surface area contributed by atoms with Gasteiger partial charge in [-0.15, -0.1) is 0 Å². The fourth-order valence-electron chi connectivity index (χ4n) is 5.90. The SMILES string of the molecule is COc1ccc2c(c1)C(=O)N(C[C@@]1(c3cc4cc(C(=O)CCCN(C)CCNC(=O)OC(C)(C)C)c(F)cc4o3)CC(=O)NC1=O)C2. The highest BCUT2D eigenvalue weighted by molar-refractivity contribution is 6.10. The summed E-state index contributed by atoms with van der Waals surface area (Å²) in [7, 11) is 3.35. The van der Waals surface area contributed by atoms with Crippen molar-refractivity contribution < 1.29 is 42.3 Å². The number of carbonyl (C=O) groups excluding carboxylic acids is 5. The number of imide groups is 1. The molecule has 13 heteroatoms. The minimum absolute atomic E-state index is 0.0836. The Labute approximate surface area is 271 Å². The van der Waals surface area contributed by atoms with Crippen LogP contribution in [0.1, 0.15) is 72.1 Å². The van der Waals surface area contributed by atoms with Crippen LogP contribution in [0.25, 0.3) is 11.0 Å². The molecule has 5 rings (SSSR count). The van der Waals surface area contributed by atoms with Crippen molar-refractivity contribution in [2.45, 2.75) is 57.6 Å². The molecule has 0 radical (unpaired) electrons. The summed E-state index contributed by atoms with van der Waals surface area (Å²) in [4.78, 5) is 67.4. The van der Waals surface area contributed by atoms with Crippen molar-refractivity contribution in [1.82, 2.24) is 20.4 Å². The van der Waals surface area contributed by atoms with Crippen LogP contribution in [-0.4, -0.2) is 85.3 Å². The van der Waals surface area contributed by atoms with Crippen molar-refractivity contribution in [2.24, 2.45) is 0 Å². The van der Waals surface area contributed by atoms with Crippen molar-refractivity contribution >= 4 is 40.6 Å². The lowest BCUT2D eigenvalue weighted by Crippen LogP contribution is -2.46. The van der Waals surface area contributed by atoms with Crippen LogP contribution in [-0.2, 0) is 26.3 Å². The molecule has 1 fully saturated rings. The minimum atomic E-state index is -1.54. The Balaban J connectivity index is 1.26. The van der Waals surface area contributed by atoms with Gasteiger partial charge in [0.2, 0.25) is 11.8 Å². The number of hydrogen-bond donors (Lipinski definition) is 2. The highest BCUT2D eigenvalue weighted by Crippen LogP contribution is 2.39. The molecule has 1 saturated heterocycles. The number of methoxy groups -OCH3 is 1. The number of alkyl carbamates (subject to hydrolysis) is 1. The molecule has 1 atom stereocenters. The number of nitrogens with one attached hydrogen (secondary N) is 2. The minimum Gasteiger partial charge on any atom is -0.497 e. The molecule has 250 valence electrons. The van der Waals surface area contributed by atoms with Crippen LogP contribution in [0, 0.1) is 5.82 Å². The van der Waals surface area contributed by atoms with Gasteiger partial charge in [-0.25, -0.2) is 9.18 Å². The summed E-state index contributed by atoms with van der Waals surface area (Å²) in [6.07, 6.45) is -0.222. The van der Waals surface area contributed by atoms with Crippen LogP contribution in [0.4, 0.5) is 9.18 Å². The summed E-state index contributed by atoms with van der Waals surface area (Å²) < 4.78 is 31.6. The molecule has 0 bridgehead atoms. The smallest absolute Gasteiger partial charge is 0.407 e. The number of furan rings is 1. The molecule has 2 N–H and O–H groups in total. The van der Waals surface area contributed by atoms with E-state index >= 15 is 4.39 Å². The molecule has 47 heavy (non-hydrogen) atoms. The summed E-state index contributed by atoms with van der Waals surface area (Å²) in [5.74, 6) is -2.00. The van der Waals surface area contributed by atoms with E-state index in [2.05, 4.69) is 10.6 Å². The first-order valence-electron chi connectivity index (χ1n) is 15.4. The zero-order valence-corrected chi connectivity index (χ0v) is 27.2. The van der Waals surface area contributed by atoms with Gasteiger partial charge >= 0.3 is 6.09 Å². The fourth-order valence-corrected chi connectivity index (χ4v) is 5.90. The van der Waals surface area contributed by atoms with Gasteiger partial charge < -0.3 is 29.0 Å². The Morgan fingerprint density at radius 1 is 1.13 bits per heavy atom. The monoisotopic (exact) mass is 650 g/mol. The number of ether oxygens (including phenoxy) is 2. The lowest BCUT2D eigenvalue weighted by molar-refractivity contribution is -0.127. The van der Waals surface area contributed by atoms with E-state index in [-0.39, 0.29) is 48.7 Å². The van der Waals surface area contributed by atoms with Crippen molar-refractivity contribution in [1.29, 1.82) is 0 Å². The highest BCUT2D eigenvalue weighted by Gasteiger charge is 2.53. The zero-order valence-electron chi connectivity index (χ0n) is 27.2. The van der Waals surface area contributed by atoms with E-state index in [0.29, 0.717) is 42.8 Å². The van der Waals surface area contributed by atoms with Crippen LogP contribution < -0.4 is 15.4 Å². The van der Waals surface area contributed by atoms with E-state index < -0.39 is 40.5 Å². The van der Waals surface area contributed by atoms with Gasteiger partial charge in [0.25, 0.3) is 5.91 Å². The molecular weight excluding hydrogens is 611 g/mol. The Morgan fingerprint density at radius 3 is 2.57 bits per heavy atom. The molecule has 0 unspecified atom stereocenters. The Bertz CT molecular complexity index is 1750. The maximum absolute atomic E-state index is 15.2. The molecule has 0 saturated carbocycles. The highest BCUT2D eigenvalue weighted by atomic mass is 19.1. The van der Waals surface area contributed by atoms with Crippen LogP contribution in [0.5, 0.6) is 5.75 Å². The maximum atomic E-state index is 15.2. The lowest BCUT2D eigenvalue weighted by Gasteiger charge is -2.28. The number of ketones is 1. The van der Waals surface area contributed by atoms with Gasteiger partial charge in [0.15, 0.2) is 5.78 Å². The van der Waals surface area contributed by atoms with Gasteiger partial charge in [-0.1, -0.05) is 6.07 Å². The van der Waals surface area contributed by atoms with Crippen LogP contribution in [0.15, 0.2) is 40.8 Å². The molecule has 4 amide bonds. The number of Topliss-reactive ketones (excluding diaryl/α,β-unsaturated/α-hetero) is 1. The lowest BCUT2D eigenvalue weighted by atomic mass is 9.82. The van der Waals surface area contributed by atoms with Gasteiger partial charge in [-0.2, -0.15) is 0 Å². The predicted octanol–water partition coefficient (Wildman–Crippen LogP) is 3.94. The molecule has 3 aromatic rings. The van der Waals surface area contributed by atoms with Gasteiger partial charge in [-0.05, 0) is 70.6 Å². The van der Waals surface area contributed by atoms with E-state index in [1.54, 1.807) is 39.0 Å². The van der Waals surface area contributed by atoms with E-state index in [1.165, 1.54) is 24.1 Å². The molecule has 2 aliphatic rings. The molecule has 0 spiro atoms. The first-order chi connectivity index (χ1) is 22.2. The van der Waals surface area contributed by atoms with Crippen molar-refractivity contribution in [3.8, 4) is 5.75 Å². The fraction of sp³-hybridized carbons (Fsp3) is 0.441. The molecule has 2 aromatic carbocycles. The van der Waals surface area contributed by atoms with Gasteiger partial charge in [-0.3, -0.25) is 24.5 Å². The summed E-state index contributed by atoms with van der Waals surface area (Å²) >= 11 is 0. The second-order valence-corrected chi connectivity index (χ2v) is 13.1. The zero-order chi connectivity index (χ0) is 34.1. The van der Waals surface area contributed by atoms with Gasteiger partial charge in [0.05, 0.1) is 19.1 Å². The van der Waals surface area contributed by atoms with E-state index in [4.69, 9.17) is 13.9 Å². The Hall–Kier alpha value is -4.78. The molecular formula is C34H39FN4O8. The quantitative estimate of drug-likeness (QED) is 0.220.